The maximum atomic E-state index is 5.25. The highest BCUT2D eigenvalue weighted by Crippen LogP contribution is 2.31. The van der Waals surface area contributed by atoms with Gasteiger partial charge >= 0.3 is 0 Å². The normalized spacial score (nSPS) is 13.9. The monoisotopic (exact) mass is 219 g/mol. The second kappa shape index (κ2) is 4.65. The molecule has 5 heteroatoms. The van der Waals surface area contributed by atoms with E-state index in [0.717, 1.165) is 17.1 Å². The van der Waals surface area contributed by atoms with Gasteiger partial charge in [0.15, 0.2) is 11.5 Å². The average molecular weight is 219 g/mol. The lowest BCUT2D eigenvalue weighted by Gasteiger charge is -1.99. The molecule has 0 saturated heterocycles. The van der Waals surface area contributed by atoms with Gasteiger partial charge in [0.05, 0.1) is 6.21 Å². The van der Waals surface area contributed by atoms with Crippen molar-refractivity contribution in [2.45, 2.75) is 0 Å². The largest absolute Gasteiger partial charge is 0.454 e. The Morgan fingerprint density at radius 3 is 2.81 bits per heavy atom. The Kier molecular flexibility index (Phi) is 3.05. The zero-order valence-electron chi connectivity index (χ0n) is 9.25. The topological polar surface area (TPSA) is 46.4 Å². The van der Waals surface area contributed by atoms with Crippen LogP contribution in [0, 0.1) is 0 Å². The van der Waals surface area contributed by atoms with Crippen LogP contribution in [0.25, 0.3) is 0 Å². The molecule has 0 spiro atoms. The molecule has 0 aliphatic carbocycles. The van der Waals surface area contributed by atoms with Crippen LogP contribution in [0.1, 0.15) is 5.56 Å². The third kappa shape index (κ3) is 2.50. The van der Waals surface area contributed by atoms with Crippen molar-refractivity contribution < 1.29 is 9.47 Å². The summed E-state index contributed by atoms with van der Waals surface area (Å²) >= 11 is 0. The highest BCUT2D eigenvalue weighted by molar-refractivity contribution is 5.81. The van der Waals surface area contributed by atoms with Gasteiger partial charge in [0, 0.05) is 14.1 Å². The van der Waals surface area contributed by atoms with Crippen LogP contribution in [0.3, 0.4) is 0 Å². The maximum Gasteiger partial charge on any atom is 0.231 e. The molecule has 16 heavy (non-hydrogen) atoms. The van der Waals surface area contributed by atoms with Gasteiger partial charge in [-0.1, -0.05) is 0 Å². The van der Waals surface area contributed by atoms with E-state index < -0.39 is 0 Å². The van der Waals surface area contributed by atoms with E-state index >= 15 is 0 Å². The number of hydrogen-bond donors (Lipinski definition) is 0. The minimum Gasteiger partial charge on any atom is -0.454 e. The number of ether oxygens (including phenoxy) is 2. The molecule has 0 fully saturated rings. The fraction of sp³-hybridized carbons (Fsp3) is 0.273. The van der Waals surface area contributed by atoms with E-state index in [1.165, 1.54) is 0 Å². The molecule has 0 amide bonds. The molecule has 5 nitrogen and oxygen atoms in total. The first-order chi connectivity index (χ1) is 7.75. The first-order valence-electron chi connectivity index (χ1n) is 4.88. The van der Waals surface area contributed by atoms with Crippen molar-refractivity contribution in [1.29, 1.82) is 0 Å². The summed E-state index contributed by atoms with van der Waals surface area (Å²) in [5, 5.41) is 7.77. The van der Waals surface area contributed by atoms with Gasteiger partial charge in [-0.3, -0.25) is 0 Å². The van der Waals surface area contributed by atoms with Crippen LogP contribution >= 0.6 is 0 Å². The van der Waals surface area contributed by atoms with Crippen molar-refractivity contribution >= 4 is 12.6 Å². The van der Waals surface area contributed by atoms with E-state index in [9.17, 15) is 0 Å². The molecule has 1 aliphatic rings. The molecule has 1 heterocycles. The van der Waals surface area contributed by atoms with E-state index in [1.807, 2.05) is 37.2 Å². The lowest BCUT2D eigenvalue weighted by Crippen LogP contribution is -2.06. The quantitative estimate of drug-likeness (QED) is 0.438. The van der Waals surface area contributed by atoms with Crippen molar-refractivity contribution in [3.05, 3.63) is 23.8 Å². The number of fused-ring (bicyclic) bond motifs is 1. The summed E-state index contributed by atoms with van der Waals surface area (Å²) < 4.78 is 10.5. The van der Waals surface area contributed by atoms with Crippen LogP contribution in [0.5, 0.6) is 11.5 Å². The zero-order chi connectivity index (χ0) is 11.4. The van der Waals surface area contributed by atoms with Gasteiger partial charge in [-0.25, -0.2) is 0 Å². The van der Waals surface area contributed by atoms with E-state index in [0.29, 0.717) is 0 Å². The van der Waals surface area contributed by atoms with Gasteiger partial charge in [0.1, 0.15) is 6.34 Å². The molecule has 2 rings (SSSR count). The van der Waals surface area contributed by atoms with Crippen LogP contribution in [0.2, 0.25) is 0 Å². The Morgan fingerprint density at radius 2 is 2.00 bits per heavy atom. The van der Waals surface area contributed by atoms with E-state index in [1.54, 1.807) is 12.6 Å². The molecule has 1 aromatic carbocycles. The number of hydrogen-bond acceptors (Lipinski definition) is 4. The molecule has 0 N–H and O–H groups in total. The fourth-order valence-corrected chi connectivity index (χ4v) is 1.23. The molecule has 0 bridgehead atoms. The number of rotatable bonds is 3. The van der Waals surface area contributed by atoms with Crippen molar-refractivity contribution in [3.63, 3.8) is 0 Å². The van der Waals surface area contributed by atoms with Crippen molar-refractivity contribution in [3.8, 4) is 11.5 Å². The Hall–Kier alpha value is -2.04. The molecular formula is C11H13N3O2. The summed E-state index contributed by atoms with van der Waals surface area (Å²) in [7, 11) is 3.78. The third-order valence-corrected chi connectivity index (χ3v) is 1.95. The Bertz CT molecular complexity index is 427. The van der Waals surface area contributed by atoms with Gasteiger partial charge in [0.2, 0.25) is 6.79 Å². The highest BCUT2D eigenvalue weighted by atomic mass is 16.7. The standard InChI is InChI=1S/C11H13N3O2/c1-14(2)7-13-12-6-9-3-4-10-11(5-9)16-8-15-10/h3-7H,8H2,1-2H3/b12-6-,13-7-. The first-order valence-corrected chi connectivity index (χ1v) is 4.88. The summed E-state index contributed by atoms with van der Waals surface area (Å²) in [6.45, 7) is 0.286. The van der Waals surface area contributed by atoms with E-state index in [-0.39, 0.29) is 6.79 Å². The van der Waals surface area contributed by atoms with Gasteiger partial charge < -0.3 is 14.4 Å². The molecule has 0 radical (unpaired) electrons. The second-order valence-corrected chi connectivity index (χ2v) is 3.55. The summed E-state index contributed by atoms with van der Waals surface area (Å²) in [5.41, 5.74) is 0.931. The van der Waals surface area contributed by atoms with Gasteiger partial charge in [0.25, 0.3) is 0 Å². The Balaban J connectivity index is 2.05. The summed E-state index contributed by atoms with van der Waals surface area (Å²) in [5.74, 6) is 1.52. The van der Waals surface area contributed by atoms with Crippen molar-refractivity contribution in [2.24, 2.45) is 10.2 Å². The van der Waals surface area contributed by atoms with E-state index in [2.05, 4.69) is 10.2 Å². The molecule has 1 aliphatic heterocycles. The predicted molar refractivity (Wildman–Crippen MR) is 62.3 cm³/mol. The molecular weight excluding hydrogens is 206 g/mol. The van der Waals surface area contributed by atoms with Crippen molar-refractivity contribution in [2.75, 3.05) is 20.9 Å². The van der Waals surface area contributed by atoms with Crippen LogP contribution in [-0.4, -0.2) is 38.3 Å². The molecule has 0 atom stereocenters. The first kappa shape index (κ1) is 10.5. The lowest BCUT2D eigenvalue weighted by atomic mass is 10.2. The minimum absolute atomic E-state index is 0.286. The van der Waals surface area contributed by atoms with Gasteiger partial charge in [-0.2, -0.15) is 5.10 Å². The van der Waals surface area contributed by atoms with Crippen LogP contribution in [0.15, 0.2) is 28.4 Å². The lowest BCUT2D eigenvalue weighted by molar-refractivity contribution is 0.174. The molecule has 1 aromatic rings. The smallest absolute Gasteiger partial charge is 0.231 e. The third-order valence-electron chi connectivity index (χ3n) is 1.95. The molecule has 0 aromatic heterocycles. The molecule has 0 unspecified atom stereocenters. The van der Waals surface area contributed by atoms with Gasteiger partial charge in [-0.15, -0.1) is 5.10 Å². The van der Waals surface area contributed by atoms with Gasteiger partial charge in [-0.05, 0) is 23.8 Å². The number of benzene rings is 1. The van der Waals surface area contributed by atoms with Crippen LogP contribution < -0.4 is 9.47 Å². The fourth-order valence-electron chi connectivity index (χ4n) is 1.23. The summed E-state index contributed by atoms with van der Waals surface area (Å²) in [6, 6.07) is 5.64. The zero-order valence-corrected chi connectivity index (χ0v) is 9.25. The average Bonchev–Trinajstić information content (AvgIpc) is 2.71. The van der Waals surface area contributed by atoms with Crippen molar-refractivity contribution in [1.82, 2.24) is 4.90 Å². The van der Waals surface area contributed by atoms with Crippen LogP contribution in [0.4, 0.5) is 0 Å². The Labute approximate surface area is 94.0 Å². The second-order valence-electron chi connectivity index (χ2n) is 3.55. The maximum absolute atomic E-state index is 5.25. The predicted octanol–water partition coefficient (Wildman–Crippen LogP) is 1.34. The number of nitrogens with zero attached hydrogens (tertiary/aromatic N) is 3. The molecule has 0 saturated carbocycles. The summed E-state index contributed by atoms with van der Waals surface area (Å²) in [6.07, 6.45) is 3.30. The highest BCUT2D eigenvalue weighted by Gasteiger charge is 2.12. The SMILES string of the molecule is CN(C)/C=N\N=C/c1ccc2c(c1)OCO2. The molecule has 84 valence electrons. The minimum atomic E-state index is 0.286. The van der Waals surface area contributed by atoms with E-state index in [4.69, 9.17) is 9.47 Å². The summed E-state index contributed by atoms with van der Waals surface area (Å²) in [4.78, 5) is 1.82. The Morgan fingerprint density at radius 1 is 1.19 bits per heavy atom. The van der Waals surface area contributed by atoms with Crippen LogP contribution in [-0.2, 0) is 0 Å².